The highest BCUT2D eigenvalue weighted by Crippen LogP contribution is 2.60. The number of hydrogen-bond acceptors (Lipinski definition) is 6. The number of para-hydroxylation sites is 1. The maximum Gasteiger partial charge on any atom is 0.311 e. The van der Waals surface area contributed by atoms with Crippen molar-refractivity contribution in [2.45, 2.75) is 47.6 Å². The molecule has 9 heteroatoms. The summed E-state index contributed by atoms with van der Waals surface area (Å²) in [7, 11) is 1.93. The fraction of sp³-hybridized carbons (Fsp3) is 0.268. The lowest BCUT2D eigenvalue weighted by Crippen LogP contribution is -2.14. The van der Waals surface area contributed by atoms with Crippen molar-refractivity contribution in [1.29, 1.82) is 5.26 Å². The zero-order valence-corrected chi connectivity index (χ0v) is 30.9. The molecule has 1 saturated carbocycles. The normalized spacial score (nSPS) is 16.5. The van der Waals surface area contributed by atoms with Crippen LogP contribution in [0.3, 0.4) is 0 Å². The number of esters is 1. The molecule has 3 atom stereocenters. The molecule has 1 aliphatic rings. The molecule has 50 heavy (non-hydrogen) atoms. The van der Waals surface area contributed by atoms with Gasteiger partial charge in [-0.25, -0.2) is 9.98 Å². The van der Waals surface area contributed by atoms with Crippen LogP contribution in [0.5, 0.6) is 11.5 Å². The third kappa shape index (κ3) is 10.5. The SMILES string of the molecule is CC1(C)[C@H](C(=O)OC(C#N)c2cccc(Oc3ccccc3)c2)[C@@H]1C=C(Cl)Cl.Cc1ccc(N=CN(C)C=Nc2ccc(C)cc2C)c(C)c1. The van der Waals surface area contributed by atoms with E-state index in [0.29, 0.717) is 17.1 Å². The molecular formula is C41H42Cl2N4O3. The van der Waals surface area contributed by atoms with Crippen molar-refractivity contribution in [1.82, 2.24) is 4.90 Å². The molecule has 1 unspecified atom stereocenters. The number of carbonyl (C=O) groups is 1. The van der Waals surface area contributed by atoms with E-state index in [2.05, 4.69) is 61.9 Å². The molecule has 0 N–H and O–H groups in total. The Morgan fingerprint density at radius 1 is 0.840 bits per heavy atom. The van der Waals surface area contributed by atoms with Crippen LogP contribution in [-0.2, 0) is 9.53 Å². The van der Waals surface area contributed by atoms with Crippen molar-refractivity contribution >= 4 is 53.2 Å². The van der Waals surface area contributed by atoms with Crippen molar-refractivity contribution in [2.24, 2.45) is 27.2 Å². The first-order valence-corrected chi connectivity index (χ1v) is 16.9. The minimum Gasteiger partial charge on any atom is -0.457 e. The summed E-state index contributed by atoms with van der Waals surface area (Å²) in [5.41, 5.74) is 7.05. The Labute approximate surface area is 305 Å². The summed E-state index contributed by atoms with van der Waals surface area (Å²) in [6.07, 6.45) is 4.18. The van der Waals surface area contributed by atoms with Crippen LogP contribution in [-0.4, -0.2) is 30.6 Å². The van der Waals surface area contributed by atoms with Gasteiger partial charge in [0.15, 0.2) is 0 Å². The molecular weight excluding hydrogens is 667 g/mol. The number of aryl methyl sites for hydroxylation is 4. The van der Waals surface area contributed by atoms with E-state index >= 15 is 0 Å². The standard InChI is InChI=1S/C22H19Cl2NO3.C19H23N3/c1-22(2)17(12-19(23)24)20(22)21(26)28-18(13-25)14-7-6-10-16(11-14)27-15-8-4-3-5-9-15;1-14-6-8-18(16(3)10-14)20-12-22(5)13-21-19-9-7-15(2)11-17(19)4/h3-12,17-18,20H,1-2H3;6-13H,1-5H3/t17-,18?,20-;/m0./s1. The summed E-state index contributed by atoms with van der Waals surface area (Å²) in [6, 6.07) is 30.8. The number of nitrogens with zero attached hydrogens (tertiary/aromatic N) is 4. The molecule has 4 aromatic carbocycles. The topological polar surface area (TPSA) is 87.3 Å². The lowest BCUT2D eigenvalue weighted by Gasteiger charge is -2.13. The lowest BCUT2D eigenvalue weighted by atomic mass is 10.1. The van der Waals surface area contributed by atoms with Crippen LogP contribution < -0.4 is 4.74 Å². The molecule has 258 valence electrons. The summed E-state index contributed by atoms with van der Waals surface area (Å²) in [5.74, 6) is 0.289. The molecule has 0 radical (unpaired) electrons. The number of halogens is 2. The van der Waals surface area contributed by atoms with E-state index in [-0.39, 0.29) is 21.7 Å². The van der Waals surface area contributed by atoms with Gasteiger partial charge in [0.25, 0.3) is 0 Å². The Bertz CT molecular complexity index is 1870. The van der Waals surface area contributed by atoms with Gasteiger partial charge in [0, 0.05) is 12.6 Å². The van der Waals surface area contributed by atoms with E-state index in [4.69, 9.17) is 32.7 Å². The number of nitriles is 1. The van der Waals surface area contributed by atoms with Gasteiger partial charge < -0.3 is 14.4 Å². The number of carbonyl (C=O) groups excluding carboxylic acids is 1. The summed E-state index contributed by atoms with van der Waals surface area (Å²) >= 11 is 11.5. The van der Waals surface area contributed by atoms with Crippen molar-refractivity contribution in [3.05, 3.63) is 129 Å². The van der Waals surface area contributed by atoms with Crippen LogP contribution in [0.15, 0.2) is 112 Å². The molecule has 0 aliphatic heterocycles. The summed E-state index contributed by atoms with van der Waals surface area (Å²) in [4.78, 5) is 23.5. The first-order chi connectivity index (χ1) is 23.8. The van der Waals surface area contributed by atoms with Gasteiger partial charge in [-0.2, -0.15) is 5.26 Å². The molecule has 4 aromatic rings. The van der Waals surface area contributed by atoms with Crippen LogP contribution >= 0.6 is 23.2 Å². The number of hydrogen-bond donors (Lipinski definition) is 0. The van der Waals surface area contributed by atoms with Gasteiger partial charge in [0.1, 0.15) is 22.1 Å². The number of rotatable bonds is 10. The third-order valence-corrected chi connectivity index (χ3v) is 8.68. The number of allylic oxidation sites excluding steroid dienone is 1. The molecule has 5 rings (SSSR count). The van der Waals surface area contributed by atoms with Gasteiger partial charge in [-0.05, 0) is 92.6 Å². The molecule has 7 nitrogen and oxygen atoms in total. The number of aliphatic imine (C=N–C) groups is 2. The predicted octanol–water partition coefficient (Wildman–Crippen LogP) is 11.0. The highest BCUT2D eigenvalue weighted by atomic mass is 35.5. The fourth-order valence-electron chi connectivity index (χ4n) is 5.54. The van der Waals surface area contributed by atoms with Gasteiger partial charge in [-0.3, -0.25) is 4.79 Å². The minimum absolute atomic E-state index is 0.114. The first-order valence-electron chi connectivity index (χ1n) is 16.2. The molecule has 0 heterocycles. The fourth-order valence-corrected chi connectivity index (χ4v) is 5.81. The minimum atomic E-state index is -1.03. The van der Waals surface area contributed by atoms with Crippen molar-refractivity contribution in [3.63, 3.8) is 0 Å². The highest BCUT2D eigenvalue weighted by Gasteiger charge is 2.62. The molecule has 1 fully saturated rings. The Balaban J connectivity index is 0.000000232. The third-order valence-electron chi connectivity index (χ3n) is 8.42. The zero-order valence-electron chi connectivity index (χ0n) is 29.4. The molecule has 1 aliphatic carbocycles. The van der Waals surface area contributed by atoms with E-state index in [9.17, 15) is 10.1 Å². The predicted molar refractivity (Wildman–Crippen MR) is 204 cm³/mol. The van der Waals surface area contributed by atoms with Crippen molar-refractivity contribution < 1.29 is 14.3 Å². The first kappa shape index (κ1) is 37.9. The lowest BCUT2D eigenvalue weighted by molar-refractivity contribution is -0.149. The average molecular weight is 710 g/mol. The van der Waals surface area contributed by atoms with Gasteiger partial charge in [-0.1, -0.05) is 103 Å². The van der Waals surface area contributed by atoms with E-state index in [1.165, 1.54) is 22.3 Å². The summed E-state index contributed by atoms with van der Waals surface area (Å²) in [6.45, 7) is 12.2. The second kappa shape index (κ2) is 17.2. The largest absolute Gasteiger partial charge is 0.457 e. The van der Waals surface area contributed by atoms with Crippen LogP contribution in [0.2, 0.25) is 0 Å². The Morgan fingerprint density at radius 3 is 1.92 bits per heavy atom. The quantitative estimate of drug-likeness (QED) is 0.0929. The smallest absolute Gasteiger partial charge is 0.311 e. The van der Waals surface area contributed by atoms with Crippen LogP contribution in [0.25, 0.3) is 0 Å². The Kier molecular flexibility index (Phi) is 13.0. The molecule has 0 bridgehead atoms. The van der Waals surface area contributed by atoms with E-state index in [1.807, 2.05) is 74.3 Å². The van der Waals surface area contributed by atoms with Gasteiger partial charge >= 0.3 is 5.97 Å². The summed E-state index contributed by atoms with van der Waals surface area (Å²) in [5, 5.41) is 9.53. The van der Waals surface area contributed by atoms with Crippen LogP contribution in [0.4, 0.5) is 11.4 Å². The molecule has 0 saturated heterocycles. The van der Waals surface area contributed by atoms with Crippen molar-refractivity contribution in [3.8, 4) is 17.6 Å². The highest BCUT2D eigenvalue weighted by molar-refractivity contribution is 6.55. The summed E-state index contributed by atoms with van der Waals surface area (Å²) < 4.78 is 11.4. The number of benzene rings is 4. The Morgan fingerprint density at radius 2 is 1.40 bits per heavy atom. The Hall–Kier alpha value is -4.90. The second-order valence-electron chi connectivity index (χ2n) is 12.9. The van der Waals surface area contributed by atoms with Crippen molar-refractivity contribution in [2.75, 3.05) is 7.05 Å². The maximum atomic E-state index is 12.6. The molecule has 0 aromatic heterocycles. The van der Waals surface area contributed by atoms with Gasteiger partial charge in [0.05, 0.1) is 30.0 Å². The van der Waals surface area contributed by atoms with E-state index < -0.39 is 12.1 Å². The van der Waals surface area contributed by atoms with Crippen LogP contribution in [0.1, 0.15) is 47.8 Å². The molecule has 0 spiro atoms. The van der Waals surface area contributed by atoms with Gasteiger partial charge in [-0.15, -0.1) is 0 Å². The number of ether oxygens (including phenoxy) is 2. The maximum absolute atomic E-state index is 12.6. The molecule has 0 amide bonds. The van der Waals surface area contributed by atoms with Crippen LogP contribution in [0, 0.1) is 56.3 Å². The zero-order chi connectivity index (χ0) is 36.4. The monoisotopic (exact) mass is 708 g/mol. The van der Waals surface area contributed by atoms with E-state index in [0.717, 1.165) is 11.4 Å². The van der Waals surface area contributed by atoms with Gasteiger partial charge in [0.2, 0.25) is 6.10 Å². The average Bonchev–Trinajstić information content (AvgIpc) is 3.61. The second-order valence-corrected chi connectivity index (χ2v) is 14.0. The van der Waals surface area contributed by atoms with E-state index in [1.54, 1.807) is 43.0 Å².